The van der Waals surface area contributed by atoms with Gasteiger partial charge in [0.15, 0.2) is 0 Å². The molecule has 1 aliphatic heterocycles. The lowest BCUT2D eigenvalue weighted by atomic mass is 10.3. The average molecular weight is 321 g/mol. The van der Waals surface area contributed by atoms with Crippen LogP contribution in [0, 0.1) is 0 Å². The van der Waals surface area contributed by atoms with Gasteiger partial charge in [-0.05, 0) is 12.2 Å². The summed E-state index contributed by atoms with van der Waals surface area (Å²) >= 11 is 0. The van der Waals surface area contributed by atoms with Gasteiger partial charge in [0.25, 0.3) is 0 Å². The number of sulfonamides is 1. The summed E-state index contributed by atoms with van der Waals surface area (Å²) in [6.07, 6.45) is 3.30. The van der Waals surface area contributed by atoms with Crippen LogP contribution in [-0.2, 0) is 23.6 Å². The van der Waals surface area contributed by atoms with E-state index in [1.165, 1.54) is 0 Å². The van der Waals surface area contributed by atoms with Gasteiger partial charge in [-0.25, -0.2) is 4.31 Å². The topological polar surface area (TPSA) is 72.9 Å². The van der Waals surface area contributed by atoms with Crippen molar-refractivity contribution in [3.05, 3.63) is 24.6 Å². The lowest BCUT2D eigenvalue weighted by Gasteiger charge is -2.25. The number of nitrogens with zero attached hydrogens (tertiary/aromatic N) is 1. The molecule has 1 rings (SSSR count). The molecule has 0 spiro atoms. The molecule has 0 bridgehead atoms. The highest BCUT2D eigenvalue weighted by atomic mass is 32.2. The van der Waals surface area contributed by atoms with Crippen LogP contribution in [0.2, 0.25) is 0 Å². The van der Waals surface area contributed by atoms with E-state index in [4.69, 9.17) is 0 Å². The van der Waals surface area contributed by atoms with E-state index in [9.17, 15) is 26.2 Å². The molecule has 0 atom stereocenters. The third-order valence-electron chi connectivity index (χ3n) is 2.30. The third-order valence-corrected chi connectivity index (χ3v) is 5.78. The van der Waals surface area contributed by atoms with Crippen LogP contribution in [0.15, 0.2) is 24.6 Å². The molecule has 0 saturated heterocycles. The molecule has 1 heterocycles. The van der Waals surface area contributed by atoms with E-state index in [1.807, 2.05) is 0 Å². The number of allylic oxidation sites excluding steroid dienone is 2. The van der Waals surface area contributed by atoms with Crippen molar-refractivity contribution in [2.75, 3.05) is 14.2 Å². The van der Waals surface area contributed by atoms with Gasteiger partial charge >= 0.3 is 23.1 Å². The van der Waals surface area contributed by atoms with Gasteiger partial charge in [0, 0.05) is 26.6 Å². The van der Waals surface area contributed by atoms with Gasteiger partial charge in [-0.15, -0.1) is 0 Å². The largest absolute Gasteiger partial charge is 0.517 e. The van der Waals surface area contributed by atoms with Crippen molar-refractivity contribution in [2.24, 2.45) is 0 Å². The van der Waals surface area contributed by atoms with Crippen molar-refractivity contribution in [3.8, 4) is 0 Å². The molecule has 0 saturated carbocycles. The average Bonchev–Trinajstić information content (AvgIpc) is 2.36. The molecule has 0 fully saturated rings. The maximum atomic E-state index is 12.3. The Bertz CT molecular complexity index is 519. The molecule has 0 aromatic rings. The minimum atomic E-state index is -5.49. The third kappa shape index (κ3) is 3.02. The molecule has 11 heteroatoms. The summed E-state index contributed by atoms with van der Waals surface area (Å²) in [5, 5.41) is 0. The molecule has 6 nitrogen and oxygen atoms in total. The standard InChI is InChI=1S/C8H11F3NO5PS/c1-16-18(13,17-2)7-3-5-12(6-4-7)19(14,15)8(9,10)11/h3-7H,1-2H3. The summed E-state index contributed by atoms with van der Waals surface area (Å²) in [6, 6.07) is 0. The number of alkyl halides is 3. The van der Waals surface area contributed by atoms with Crippen LogP contribution in [0.25, 0.3) is 0 Å². The highest BCUT2D eigenvalue weighted by Gasteiger charge is 2.49. The minimum Gasteiger partial charge on any atom is -0.311 e. The Labute approximate surface area is 108 Å². The molecular formula is C8H11F3NO5PS. The van der Waals surface area contributed by atoms with E-state index in [2.05, 4.69) is 9.05 Å². The predicted octanol–water partition coefficient (Wildman–Crippen LogP) is 2.03. The fourth-order valence-corrected chi connectivity index (χ4v) is 3.18. The molecule has 110 valence electrons. The van der Waals surface area contributed by atoms with Crippen molar-refractivity contribution in [2.45, 2.75) is 11.2 Å². The van der Waals surface area contributed by atoms with Gasteiger partial charge in [-0.3, -0.25) is 4.57 Å². The molecule has 0 aromatic heterocycles. The van der Waals surface area contributed by atoms with Gasteiger partial charge in [0.05, 0.1) is 0 Å². The number of hydrogen-bond acceptors (Lipinski definition) is 5. The normalized spacial score (nSPS) is 18.1. The van der Waals surface area contributed by atoms with E-state index < -0.39 is 28.8 Å². The van der Waals surface area contributed by atoms with E-state index in [-0.39, 0.29) is 4.31 Å². The van der Waals surface area contributed by atoms with Crippen LogP contribution >= 0.6 is 7.60 Å². The molecule has 19 heavy (non-hydrogen) atoms. The summed E-state index contributed by atoms with van der Waals surface area (Å²) in [4.78, 5) is 0. The van der Waals surface area contributed by atoms with Gasteiger partial charge in [-0.1, -0.05) is 0 Å². The predicted molar refractivity (Wildman–Crippen MR) is 60.5 cm³/mol. The van der Waals surface area contributed by atoms with Gasteiger partial charge in [-0.2, -0.15) is 21.6 Å². The Hall–Kier alpha value is -0.830. The zero-order valence-corrected chi connectivity index (χ0v) is 11.6. The summed E-state index contributed by atoms with van der Waals surface area (Å²) in [6.45, 7) is 0. The molecule has 0 amide bonds. The minimum absolute atomic E-state index is 0.0147. The first kappa shape index (κ1) is 16.2. The number of halogens is 3. The molecule has 0 aliphatic carbocycles. The monoisotopic (exact) mass is 321 g/mol. The highest BCUT2D eigenvalue weighted by molar-refractivity contribution is 7.90. The quantitative estimate of drug-likeness (QED) is 0.741. The van der Waals surface area contributed by atoms with E-state index in [0.29, 0.717) is 12.4 Å². The smallest absolute Gasteiger partial charge is 0.311 e. The second kappa shape index (κ2) is 5.28. The molecule has 0 radical (unpaired) electrons. The molecular weight excluding hydrogens is 310 g/mol. The first-order valence-corrected chi connectivity index (χ1v) is 7.81. The van der Waals surface area contributed by atoms with Crippen molar-refractivity contribution in [1.29, 1.82) is 0 Å². The first-order valence-electron chi connectivity index (χ1n) is 4.76. The second-order valence-corrected chi connectivity index (χ2v) is 7.60. The van der Waals surface area contributed by atoms with Crippen LogP contribution in [-0.4, -0.2) is 38.1 Å². The summed E-state index contributed by atoms with van der Waals surface area (Å²) in [5.74, 6) is 0. The molecule has 1 aliphatic rings. The Kier molecular flexibility index (Phi) is 4.51. The maximum Gasteiger partial charge on any atom is 0.517 e. The van der Waals surface area contributed by atoms with Crippen molar-refractivity contribution in [1.82, 2.24) is 4.31 Å². The lowest BCUT2D eigenvalue weighted by molar-refractivity contribution is -0.0468. The Morgan fingerprint density at radius 3 is 1.89 bits per heavy atom. The van der Waals surface area contributed by atoms with Gasteiger partial charge < -0.3 is 9.05 Å². The second-order valence-electron chi connectivity index (χ2n) is 3.36. The van der Waals surface area contributed by atoms with Crippen LogP contribution in [0.4, 0.5) is 13.2 Å². The Morgan fingerprint density at radius 2 is 1.58 bits per heavy atom. The van der Waals surface area contributed by atoms with Gasteiger partial charge in [0.2, 0.25) is 0 Å². The lowest BCUT2D eigenvalue weighted by Crippen LogP contribution is -2.35. The Morgan fingerprint density at radius 1 is 1.16 bits per heavy atom. The van der Waals surface area contributed by atoms with E-state index in [1.54, 1.807) is 0 Å². The maximum absolute atomic E-state index is 12.3. The van der Waals surface area contributed by atoms with Crippen molar-refractivity contribution in [3.63, 3.8) is 0 Å². The van der Waals surface area contributed by atoms with Crippen LogP contribution in [0.3, 0.4) is 0 Å². The van der Waals surface area contributed by atoms with E-state index in [0.717, 1.165) is 26.4 Å². The zero-order chi connectivity index (χ0) is 14.9. The number of rotatable bonds is 4. The molecule has 0 N–H and O–H groups in total. The highest BCUT2D eigenvalue weighted by Crippen LogP contribution is 2.53. The van der Waals surface area contributed by atoms with Crippen molar-refractivity contribution < 1.29 is 35.2 Å². The zero-order valence-electron chi connectivity index (χ0n) is 9.86. The summed E-state index contributed by atoms with van der Waals surface area (Å²) in [5.41, 5.74) is -6.37. The SMILES string of the molecule is COP(=O)(OC)C1C=CN(S(=O)(=O)C(F)(F)F)C=C1. The summed E-state index contributed by atoms with van der Waals surface area (Å²) in [7, 11) is -6.81. The van der Waals surface area contributed by atoms with Crippen molar-refractivity contribution >= 4 is 17.6 Å². The number of hydrogen-bond donors (Lipinski definition) is 0. The molecule has 0 unspecified atom stereocenters. The van der Waals surface area contributed by atoms with Crippen LogP contribution in [0.5, 0.6) is 0 Å². The van der Waals surface area contributed by atoms with Gasteiger partial charge in [0.1, 0.15) is 5.66 Å². The van der Waals surface area contributed by atoms with Crippen LogP contribution < -0.4 is 0 Å². The fraction of sp³-hybridized carbons (Fsp3) is 0.500. The Balaban J connectivity index is 2.99. The van der Waals surface area contributed by atoms with E-state index >= 15 is 0 Å². The molecule has 0 aromatic carbocycles. The fourth-order valence-electron chi connectivity index (χ4n) is 1.27. The first-order chi connectivity index (χ1) is 8.58. The van der Waals surface area contributed by atoms with Crippen LogP contribution in [0.1, 0.15) is 0 Å². The summed E-state index contributed by atoms with van der Waals surface area (Å²) < 4.78 is 80.2.